The summed E-state index contributed by atoms with van der Waals surface area (Å²) in [5.74, 6) is -1.96. The molecule has 10 N–H and O–H groups in total. The number of ether oxygens (including phenoxy) is 4. The third kappa shape index (κ3) is 6.66. The van der Waals surface area contributed by atoms with Gasteiger partial charge in [-0.2, -0.15) is 0 Å². The van der Waals surface area contributed by atoms with Gasteiger partial charge < -0.3 is 70.0 Å². The first-order valence-corrected chi connectivity index (χ1v) is 12.8. The lowest BCUT2D eigenvalue weighted by molar-refractivity contribution is -0.357. The average molecular weight is 597 g/mol. The molecular formula is C27H32O15. The maximum absolute atomic E-state index is 12.6. The molecule has 2 heterocycles. The molecule has 4 rings (SSSR count). The Morgan fingerprint density at radius 3 is 2.00 bits per heavy atom. The molecule has 2 aromatic carbocycles. The number of carbonyl (C=O) groups excluding carboxylic acids is 1. The Kier molecular flexibility index (Phi) is 10.0. The van der Waals surface area contributed by atoms with E-state index in [4.69, 9.17) is 18.9 Å². The van der Waals surface area contributed by atoms with Crippen molar-refractivity contribution < 1.29 is 74.8 Å². The van der Waals surface area contributed by atoms with Crippen molar-refractivity contribution in [3.63, 3.8) is 0 Å². The molecule has 2 aliphatic heterocycles. The molecule has 0 amide bonds. The van der Waals surface area contributed by atoms with Crippen LogP contribution in [0.15, 0.2) is 42.5 Å². The number of hydrogen-bond donors (Lipinski definition) is 10. The van der Waals surface area contributed by atoms with Gasteiger partial charge in [0, 0.05) is 6.07 Å². The quantitative estimate of drug-likeness (QED) is 0.0830. The third-order valence-electron chi connectivity index (χ3n) is 6.88. The lowest BCUT2D eigenvalue weighted by atomic mass is 9.97. The van der Waals surface area contributed by atoms with Crippen LogP contribution in [0.1, 0.15) is 15.9 Å². The Morgan fingerprint density at radius 1 is 0.738 bits per heavy atom. The van der Waals surface area contributed by atoms with E-state index in [-0.39, 0.29) is 22.8 Å². The molecule has 2 aliphatic rings. The Morgan fingerprint density at radius 2 is 1.38 bits per heavy atom. The van der Waals surface area contributed by atoms with E-state index < -0.39 is 86.2 Å². The Labute approximate surface area is 238 Å². The normalized spacial score (nSPS) is 33.5. The fourth-order valence-electron chi connectivity index (χ4n) is 4.46. The monoisotopic (exact) mass is 596 g/mol. The molecule has 15 heteroatoms. The highest BCUT2D eigenvalue weighted by atomic mass is 16.8. The van der Waals surface area contributed by atoms with Gasteiger partial charge in [-0.15, -0.1) is 0 Å². The summed E-state index contributed by atoms with van der Waals surface area (Å²) in [5, 5.41) is 100.0. The molecule has 10 atom stereocenters. The summed E-state index contributed by atoms with van der Waals surface area (Å²) in [4.78, 5) is 12.6. The van der Waals surface area contributed by atoms with Crippen LogP contribution in [0.5, 0.6) is 23.0 Å². The molecule has 2 saturated heterocycles. The van der Waals surface area contributed by atoms with E-state index in [0.717, 1.165) is 12.1 Å². The number of rotatable bonds is 9. The van der Waals surface area contributed by atoms with Gasteiger partial charge in [0.05, 0.1) is 18.8 Å². The van der Waals surface area contributed by atoms with Gasteiger partial charge in [0.2, 0.25) is 6.29 Å². The van der Waals surface area contributed by atoms with E-state index >= 15 is 0 Å². The number of benzene rings is 2. The predicted molar refractivity (Wildman–Crippen MR) is 138 cm³/mol. The van der Waals surface area contributed by atoms with E-state index in [1.165, 1.54) is 36.4 Å². The number of aliphatic hydroxyl groups is 7. The molecule has 0 aromatic heterocycles. The van der Waals surface area contributed by atoms with Crippen LogP contribution in [0.3, 0.4) is 0 Å². The molecule has 42 heavy (non-hydrogen) atoms. The molecule has 0 spiro atoms. The molecule has 2 fully saturated rings. The molecule has 0 unspecified atom stereocenters. The van der Waals surface area contributed by atoms with Crippen molar-refractivity contribution >= 4 is 11.9 Å². The Bertz CT molecular complexity index is 1270. The van der Waals surface area contributed by atoms with Gasteiger partial charge in [-0.1, -0.05) is 12.1 Å². The standard InChI is InChI=1S/C27H32O15/c28-9-18-20(34)22(36)24(38)26(40-18)42-25-23(37)21(35)19(10-29)41-27(25)39-12-3-4-13(16(32)8-12)14(30)5-1-11-2-6-15(31)17(33)7-11/h1-8,18-29,31-38H,9-10H2/b5-1+/t18-,19-,20-,21-,22+,23+,24-,25-,26+,27-/m1/s1. The summed E-state index contributed by atoms with van der Waals surface area (Å²) >= 11 is 0. The van der Waals surface area contributed by atoms with Crippen LogP contribution in [0.25, 0.3) is 6.08 Å². The molecular weight excluding hydrogens is 564 g/mol. The molecule has 0 aliphatic carbocycles. The first-order chi connectivity index (χ1) is 19.9. The average Bonchev–Trinajstić information content (AvgIpc) is 2.97. The first kappa shape index (κ1) is 31.6. The number of carbonyl (C=O) groups is 1. The van der Waals surface area contributed by atoms with Crippen LogP contribution in [0.2, 0.25) is 0 Å². The molecule has 0 radical (unpaired) electrons. The van der Waals surface area contributed by atoms with Crippen LogP contribution in [-0.4, -0.2) is 131 Å². The van der Waals surface area contributed by atoms with Crippen molar-refractivity contribution in [1.29, 1.82) is 0 Å². The maximum Gasteiger partial charge on any atom is 0.229 e. The number of ketones is 1. The van der Waals surface area contributed by atoms with E-state index in [0.29, 0.717) is 5.56 Å². The van der Waals surface area contributed by atoms with Gasteiger partial charge in [0.15, 0.2) is 29.7 Å². The van der Waals surface area contributed by atoms with Crippen molar-refractivity contribution in [1.82, 2.24) is 0 Å². The molecule has 0 saturated carbocycles. The number of phenols is 3. The van der Waals surface area contributed by atoms with Crippen molar-refractivity contribution in [2.75, 3.05) is 13.2 Å². The summed E-state index contributed by atoms with van der Waals surface area (Å²) in [5.41, 5.74) is 0.265. The maximum atomic E-state index is 12.6. The minimum absolute atomic E-state index is 0.107. The fourth-order valence-corrected chi connectivity index (χ4v) is 4.46. The van der Waals surface area contributed by atoms with Crippen molar-refractivity contribution in [2.45, 2.75) is 61.4 Å². The number of phenolic OH excluding ortho intramolecular Hbond substituents is 3. The summed E-state index contributed by atoms with van der Waals surface area (Å²) in [6, 6.07) is 7.46. The second-order valence-electron chi connectivity index (χ2n) is 9.75. The van der Waals surface area contributed by atoms with Gasteiger partial charge in [0.25, 0.3) is 0 Å². The lowest BCUT2D eigenvalue weighted by Crippen LogP contribution is -2.65. The minimum Gasteiger partial charge on any atom is -0.507 e. The topological polar surface area (TPSA) is 256 Å². The highest BCUT2D eigenvalue weighted by Gasteiger charge is 2.51. The lowest BCUT2D eigenvalue weighted by Gasteiger charge is -2.45. The predicted octanol–water partition coefficient (Wildman–Crippen LogP) is -2.30. The van der Waals surface area contributed by atoms with Gasteiger partial charge >= 0.3 is 0 Å². The highest BCUT2D eigenvalue weighted by Crippen LogP contribution is 2.32. The van der Waals surface area contributed by atoms with Gasteiger partial charge in [-0.25, -0.2) is 0 Å². The SMILES string of the molecule is O=C(/C=C/c1ccc(O)c(O)c1)c1ccc(O[C@@H]2O[C@H](CO)[C@@H](O)[C@H](O)[C@H]2O[C@@H]2O[C@H](CO)[C@@H](O)[C@H](O)[C@H]2O)cc1O. The largest absolute Gasteiger partial charge is 0.507 e. The number of aliphatic hydroxyl groups excluding tert-OH is 7. The van der Waals surface area contributed by atoms with Gasteiger partial charge in [0.1, 0.15) is 54.2 Å². The van der Waals surface area contributed by atoms with Crippen molar-refractivity contribution in [3.8, 4) is 23.0 Å². The number of hydrogen-bond acceptors (Lipinski definition) is 15. The molecule has 0 bridgehead atoms. The molecule has 230 valence electrons. The summed E-state index contributed by atoms with van der Waals surface area (Å²) in [6.45, 7) is -1.49. The zero-order valence-electron chi connectivity index (χ0n) is 21.8. The van der Waals surface area contributed by atoms with Crippen LogP contribution in [0, 0.1) is 0 Å². The van der Waals surface area contributed by atoms with Crippen LogP contribution in [-0.2, 0) is 14.2 Å². The zero-order chi connectivity index (χ0) is 30.7. The second kappa shape index (κ2) is 13.3. The second-order valence-corrected chi connectivity index (χ2v) is 9.75. The molecule has 15 nitrogen and oxygen atoms in total. The first-order valence-electron chi connectivity index (χ1n) is 12.8. The van der Waals surface area contributed by atoms with Crippen molar-refractivity contribution in [2.24, 2.45) is 0 Å². The van der Waals surface area contributed by atoms with E-state index in [9.17, 15) is 55.9 Å². The summed E-state index contributed by atoms with van der Waals surface area (Å²) < 4.78 is 22.1. The minimum atomic E-state index is -1.85. The zero-order valence-corrected chi connectivity index (χ0v) is 21.8. The fraction of sp³-hybridized carbons (Fsp3) is 0.444. The van der Waals surface area contributed by atoms with Crippen LogP contribution >= 0.6 is 0 Å². The smallest absolute Gasteiger partial charge is 0.229 e. The van der Waals surface area contributed by atoms with Crippen LogP contribution < -0.4 is 4.74 Å². The van der Waals surface area contributed by atoms with Gasteiger partial charge in [-0.05, 0) is 35.9 Å². The van der Waals surface area contributed by atoms with E-state index in [1.54, 1.807) is 0 Å². The van der Waals surface area contributed by atoms with Crippen molar-refractivity contribution in [3.05, 3.63) is 53.6 Å². The van der Waals surface area contributed by atoms with Gasteiger partial charge in [-0.3, -0.25) is 4.79 Å². The summed E-state index contributed by atoms with van der Waals surface area (Å²) in [6.07, 6.45) is -14.0. The van der Waals surface area contributed by atoms with E-state index in [1.807, 2.05) is 0 Å². The Balaban J connectivity index is 1.52. The Hall–Kier alpha value is -3.35. The molecule has 2 aromatic rings. The van der Waals surface area contributed by atoms with Crippen LogP contribution in [0.4, 0.5) is 0 Å². The third-order valence-corrected chi connectivity index (χ3v) is 6.88. The highest BCUT2D eigenvalue weighted by molar-refractivity contribution is 6.08. The number of allylic oxidation sites excluding steroid dienone is 1. The summed E-state index contributed by atoms with van der Waals surface area (Å²) in [7, 11) is 0. The number of aromatic hydroxyl groups is 3. The van der Waals surface area contributed by atoms with E-state index in [2.05, 4.69) is 0 Å².